The Balaban J connectivity index is 1.76. The van der Waals surface area contributed by atoms with Gasteiger partial charge in [0.25, 0.3) is 5.91 Å². The lowest BCUT2D eigenvalue weighted by Gasteiger charge is -2.36. The summed E-state index contributed by atoms with van der Waals surface area (Å²) in [5.41, 5.74) is 4.93. The first-order valence-electron chi connectivity index (χ1n) is 13.6. The Morgan fingerprint density at radius 3 is 2.50 bits per heavy atom. The molecule has 2 aliphatic rings. The largest absolute Gasteiger partial charge is 0.324 e. The van der Waals surface area contributed by atoms with Crippen LogP contribution in [0.25, 0.3) is 0 Å². The zero-order valence-corrected chi connectivity index (χ0v) is 25.5. The maximum atomic E-state index is 13.4. The number of pyridine rings is 1. The molecule has 3 heterocycles. The van der Waals surface area contributed by atoms with Crippen LogP contribution in [0.1, 0.15) is 72.9 Å². The van der Waals surface area contributed by atoms with E-state index in [-0.39, 0.29) is 17.9 Å². The predicted octanol–water partition coefficient (Wildman–Crippen LogP) is 6.17. The van der Waals surface area contributed by atoms with Crippen molar-refractivity contribution < 1.29 is 14.2 Å². The second-order valence-electron chi connectivity index (χ2n) is 11.1. The Morgan fingerprint density at radius 1 is 1.18 bits per heavy atom. The smallest absolute Gasteiger partial charge is 0.257 e. The van der Waals surface area contributed by atoms with Crippen LogP contribution in [-0.4, -0.2) is 57.7 Å². The van der Waals surface area contributed by atoms with Crippen molar-refractivity contribution in [2.45, 2.75) is 80.2 Å². The molecule has 0 radical (unpaired) electrons. The van der Waals surface area contributed by atoms with Crippen LogP contribution in [0, 0.1) is 12.3 Å². The number of hydrogen-bond acceptors (Lipinski definition) is 4. The number of amides is 2. The Hall–Kier alpha value is -2.58. The average Bonchev–Trinajstić information content (AvgIpc) is 3.00. The summed E-state index contributed by atoms with van der Waals surface area (Å²) in [4.78, 5) is 32.8. The first kappa shape index (κ1) is 30.0. The van der Waals surface area contributed by atoms with Crippen molar-refractivity contribution in [1.29, 1.82) is 0 Å². The van der Waals surface area contributed by atoms with E-state index in [0.717, 1.165) is 48.2 Å². The van der Waals surface area contributed by atoms with E-state index in [1.165, 1.54) is 0 Å². The van der Waals surface area contributed by atoms with Crippen molar-refractivity contribution >= 4 is 44.8 Å². The third kappa shape index (κ3) is 7.73. The molecule has 2 amide bonds. The van der Waals surface area contributed by atoms with Gasteiger partial charge in [0.1, 0.15) is 0 Å². The van der Waals surface area contributed by atoms with Crippen LogP contribution in [-0.2, 0) is 9.59 Å². The fraction of sp³-hybridized carbons (Fsp3) is 0.533. The highest BCUT2D eigenvalue weighted by molar-refractivity contribution is 9.11. The summed E-state index contributed by atoms with van der Waals surface area (Å²) < 4.78 is 3.27. The van der Waals surface area contributed by atoms with Crippen LogP contribution in [0.5, 0.6) is 0 Å². The lowest BCUT2D eigenvalue weighted by atomic mass is 9.83. The third-order valence-electron chi connectivity index (χ3n) is 7.55. The van der Waals surface area contributed by atoms with Crippen molar-refractivity contribution in [3.63, 3.8) is 0 Å². The number of hydrogen-bond donors (Lipinski definition) is 2. The normalized spacial score (nSPS) is 20.4. The van der Waals surface area contributed by atoms with Crippen molar-refractivity contribution in [3.8, 4) is 0 Å². The molecule has 0 aromatic carbocycles. The molecule has 1 fully saturated rings. The fourth-order valence-electron chi connectivity index (χ4n) is 5.01. The molecule has 7 nitrogen and oxygen atoms in total. The SMILES string of the molecule is CC/C(=C(/C)C(=O)Nc1cc(NC(=O)CN2CCC(C)(C)CC2)cnc1C)[N+]1=C(C)C=C(Br)C=CC1CC. The van der Waals surface area contributed by atoms with Crippen LogP contribution in [0.4, 0.5) is 11.4 Å². The van der Waals surface area contributed by atoms with Gasteiger partial charge in [0.15, 0.2) is 17.5 Å². The standard InChI is InChI=1S/C30H42BrN5O2/c1-8-25-11-10-23(31)16-20(3)36(25)27(9-2)21(4)29(38)34-26-17-24(18-32-22(26)5)33-28(37)19-35-14-12-30(6,7)13-15-35/h10-11,16-18,25H,8-9,12-15,19H2,1-7H3,(H-,33,34,37,38)/p+1/b27-21+. The second-order valence-corrected chi connectivity index (χ2v) is 12.0. The maximum absolute atomic E-state index is 13.4. The van der Waals surface area contributed by atoms with Crippen LogP contribution in [0.15, 0.2) is 46.2 Å². The van der Waals surface area contributed by atoms with E-state index in [2.05, 4.69) is 93.9 Å². The zero-order chi connectivity index (χ0) is 28.0. The zero-order valence-electron chi connectivity index (χ0n) is 23.9. The number of piperidine rings is 1. The molecule has 1 aromatic rings. The predicted molar refractivity (Wildman–Crippen MR) is 160 cm³/mol. The minimum Gasteiger partial charge on any atom is -0.324 e. The minimum atomic E-state index is -0.176. The van der Waals surface area contributed by atoms with Gasteiger partial charge in [-0.2, -0.15) is 4.58 Å². The van der Waals surface area contributed by atoms with Gasteiger partial charge in [-0.3, -0.25) is 19.5 Å². The Morgan fingerprint density at radius 2 is 1.87 bits per heavy atom. The molecule has 1 saturated heterocycles. The molecule has 0 spiro atoms. The van der Waals surface area contributed by atoms with Gasteiger partial charge in [0, 0.05) is 30.3 Å². The van der Waals surface area contributed by atoms with Gasteiger partial charge >= 0.3 is 0 Å². The van der Waals surface area contributed by atoms with Gasteiger partial charge in [-0.1, -0.05) is 43.6 Å². The number of nitrogens with zero attached hydrogens (tertiary/aromatic N) is 3. The van der Waals surface area contributed by atoms with Crippen LogP contribution in [0.3, 0.4) is 0 Å². The fourth-order valence-corrected chi connectivity index (χ4v) is 5.49. The molecule has 0 bridgehead atoms. The molecule has 2 aliphatic heterocycles. The first-order valence-corrected chi connectivity index (χ1v) is 14.4. The van der Waals surface area contributed by atoms with Crippen molar-refractivity contribution in [2.75, 3.05) is 30.3 Å². The van der Waals surface area contributed by atoms with Crippen LogP contribution in [0.2, 0.25) is 0 Å². The summed E-state index contributed by atoms with van der Waals surface area (Å²) in [7, 11) is 0. The maximum Gasteiger partial charge on any atom is 0.257 e. The number of likely N-dealkylation sites (tertiary alicyclic amines) is 1. The number of carbonyl (C=O) groups excluding carboxylic acids is 2. The summed E-state index contributed by atoms with van der Waals surface area (Å²) in [6.07, 6.45) is 11.8. The van der Waals surface area contributed by atoms with Gasteiger partial charge in [-0.05, 0) is 63.4 Å². The lowest BCUT2D eigenvalue weighted by Crippen LogP contribution is -2.41. The first-order chi connectivity index (χ1) is 17.9. The summed E-state index contributed by atoms with van der Waals surface area (Å²) in [6, 6.07) is 1.95. The van der Waals surface area contributed by atoms with E-state index in [1.807, 2.05) is 13.8 Å². The minimum absolute atomic E-state index is 0.0676. The number of allylic oxidation sites excluding steroid dienone is 4. The summed E-state index contributed by atoms with van der Waals surface area (Å²) in [6.45, 7) is 16.8. The molecule has 1 unspecified atom stereocenters. The number of aryl methyl sites for hydroxylation is 1. The highest BCUT2D eigenvalue weighted by atomic mass is 79.9. The van der Waals surface area contributed by atoms with E-state index in [4.69, 9.17) is 0 Å². The molecule has 0 saturated carbocycles. The topological polar surface area (TPSA) is 77.3 Å². The van der Waals surface area contributed by atoms with Gasteiger partial charge in [0.2, 0.25) is 5.91 Å². The molecule has 38 heavy (non-hydrogen) atoms. The average molecular weight is 586 g/mol. The molecule has 2 N–H and O–H groups in total. The Labute approximate surface area is 236 Å². The van der Waals surface area contributed by atoms with E-state index >= 15 is 0 Å². The molecule has 206 valence electrons. The highest BCUT2D eigenvalue weighted by Gasteiger charge is 2.29. The number of nitrogens with one attached hydrogen (secondary N) is 2. The van der Waals surface area contributed by atoms with Crippen molar-refractivity contribution in [3.05, 3.63) is 51.9 Å². The summed E-state index contributed by atoms with van der Waals surface area (Å²) >= 11 is 3.60. The molecule has 8 heteroatoms. The third-order valence-corrected chi connectivity index (χ3v) is 8.04. The van der Waals surface area contributed by atoms with E-state index in [9.17, 15) is 9.59 Å². The van der Waals surface area contributed by atoms with Gasteiger partial charge in [0.05, 0.1) is 35.4 Å². The van der Waals surface area contributed by atoms with E-state index < -0.39 is 0 Å². The molecule has 3 rings (SSSR count). The monoisotopic (exact) mass is 584 g/mol. The number of aromatic nitrogens is 1. The van der Waals surface area contributed by atoms with Gasteiger partial charge in [-0.25, -0.2) is 0 Å². The molecular formula is C30H43BrN5O2+. The van der Waals surface area contributed by atoms with Gasteiger partial charge < -0.3 is 10.6 Å². The molecule has 0 aliphatic carbocycles. The number of halogens is 1. The Bertz CT molecular complexity index is 1190. The van der Waals surface area contributed by atoms with E-state index in [0.29, 0.717) is 41.0 Å². The highest BCUT2D eigenvalue weighted by Crippen LogP contribution is 2.29. The molecule has 1 atom stereocenters. The van der Waals surface area contributed by atoms with Gasteiger partial charge in [-0.15, -0.1) is 0 Å². The Kier molecular flexibility index (Phi) is 10.2. The molecular weight excluding hydrogens is 542 g/mol. The van der Waals surface area contributed by atoms with Crippen LogP contribution >= 0.6 is 15.9 Å². The van der Waals surface area contributed by atoms with Crippen molar-refractivity contribution in [1.82, 2.24) is 9.88 Å². The number of anilines is 2. The lowest BCUT2D eigenvalue weighted by molar-refractivity contribution is -0.509. The number of carbonyl (C=O) groups is 2. The quantitative estimate of drug-likeness (QED) is 0.283. The van der Waals surface area contributed by atoms with Crippen molar-refractivity contribution in [2.24, 2.45) is 5.41 Å². The second kappa shape index (κ2) is 13.0. The summed E-state index contributed by atoms with van der Waals surface area (Å²) in [5.74, 6) is -0.243. The summed E-state index contributed by atoms with van der Waals surface area (Å²) in [5, 5.41) is 6.00. The van der Waals surface area contributed by atoms with E-state index in [1.54, 1.807) is 12.3 Å². The molecule has 1 aromatic heterocycles. The van der Waals surface area contributed by atoms with Crippen LogP contribution < -0.4 is 10.6 Å². The number of rotatable bonds is 8.